The van der Waals surface area contributed by atoms with Gasteiger partial charge in [-0.15, -0.1) is 0 Å². The molecule has 1 aliphatic carbocycles. The molecule has 168 valence electrons. The smallest absolute Gasteiger partial charge is 0.214 e. The molecule has 0 unspecified atom stereocenters. The molecule has 2 heterocycles. The minimum atomic E-state index is 0.879. The molecule has 0 radical (unpaired) electrons. The molecule has 1 N–H and O–H groups in total. The molecule has 1 aliphatic heterocycles. The summed E-state index contributed by atoms with van der Waals surface area (Å²) in [5.41, 5.74) is 7.33. The van der Waals surface area contributed by atoms with Crippen LogP contribution >= 0.6 is 11.6 Å². The van der Waals surface area contributed by atoms with E-state index in [9.17, 15) is 0 Å². The Bertz CT molecular complexity index is 1850. The number of nitrogens with zero attached hydrogens (tertiary/aromatic N) is 1. The first-order valence-electron chi connectivity index (χ1n) is 12.1. The minimum absolute atomic E-state index is 0.879. The van der Waals surface area contributed by atoms with Crippen LogP contribution in [0.3, 0.4) is 0 Å². The van der Waals surface area contributed by atoms with E-state index in [4.69, 9.17) is 11.6 Å². The van der Waals surface area contributed by atoms with Crippen LogP contribution in [-0.4, -0.2) is 22.3 Å². The van der Waals surface area contributed by atoms with Gasteiger partial charge in [0.05, 0.1) is 10.9 Å². The summed E-state index contributed by atoms with van der Waals surface area (Å²) in [6.07, 6.45) is 10.7. The van der Waals surface area contributed by atoms with Crippen molar-refractivity contribution in [2.24, 2.45) is 0 Å². The van der Waals surface area contributed by atoms with E-state index < -0.39 is 0 Å². The number of hydrogen-bond donors (Lipinski definition) is 1. The van der Waals surface area contributed by atoms with Crippen LogP contribution < -0.4 is 5.35 Å². The lowest BCUT2D eigenvalue weighted by atomic mass is 10.0. The molecule has 3 heteroatoms. The maximum atomic E-state index is 6.88. The summed E-state index contributed by atoms with van der Waals surface area (Å²) < 4.78 is 2.28. The van der Waals surface area contributed by atoms with Crippen molar-refractivity contribution in [3.8, 4) is 0 Å². The van der Waals surface area contributed by atoms with Crippen molar-refractivity contribution in [1.29, 1.82) is 0 Å². The quantitative estimate of drug-likeness (QED) is 0.262. The van der Waals surface area contributed by atoms with E-state index in [2.05, 4.69) is 114 Å². The highest BCUT2D eigenvalue weighted by Crippen LogP contribution is 2.37. The van der Waals surface area contributed by atoms with Crippen molar-refractivity contribution in [3.05, 3.63) is 118 Å². The molecule has 0 amide bonds. The zero-order valence-corrected chi connectivity index (χ0v) is 20.2. The molecule has 7 rings (SSSR count). The fraction of sp³-hybridized carbons (Fsp3) is 0.0938. The number of benzene rings is 4. The van der Waals surface area contributed by atoms with Gasteiger partial charge in [-0.1, -0.05) is 78.4 Å². The molecule has 2 aliphatic rings. The number of rotatable bonds is 3. The van der Waals surface area contributed by atoms with Gasteiger partial charge in [0.1, 0.15) is 7.05 Å². The summed E-state index contributed by atoms with van der Waals surface area (Å²) in [6.45, 7) is 0. The van der Waals surface area contributed by atoms with E-state index in [1.165, 1.54) is 60.6 Å². The molecule has 0 spiro atoms. The number of aromatic amines is 1. The predicted octanol–water partition coefficient (Wildman–Crippen LogP) is 7.52. The van der Waals surface area contributed by atoms with E-state index in [0.29, 0.717) is 0 Å². The lowest BCUT2D eigenvalue weighted by molar-refractivity contribution is -0.399. The molecule has 0 atom stereocenters. The van der Waals surface area contributed by atoms with Gasteiger partial charge in [0.2, 0.25) is 11.4 Å². The van der Waals surface area contributed by atoms with Crippen LogP contribution in [0.15, 0.2) is 107 Å². The molecular weight excluding hydrogens is 448 g/mol. The van der Waals surface area contributed by atoms with Gasteiger partial charge < -0.3 is 4.98 Å². The number of nitrogens with one attached hydrogen (secondary N) is 1. The standard InChI is InChI=1S/C32H23ClN2/c1-35-28(25-11-3-7-21-9-5-13-29(35)31(21)25)19-17-23-15-14-22(32(23)33)16-18-26-24-10-2-6-20-8-4-12-27(34-26)30(20)24/h2-13,16-19H,14-15H2,1H3/p+1. The highest BCUT2D eigenvalue weighted by atomic mass is 35.5. The van der Waals surface area contributed by atoms with E-state index in [1.54, 1.807) is 0 Å². The molecule has 0 saturated carbocycles. The first kappa shape index (κ1) is 20.5. The number of hydrogen-bond acceptors (Lipinski definition) is 0. The van der Waals surface area contributed by atoms with Gasteiger partial charge in [0.25, 0.3) is 0 Å². The molecule has 5 aromatic rings. The van der Waals surface area contributed by atoms with Gasteiger partial charge >= 0.3 is 0 Å². The third kappa shape index (κ3) is 3.14. The second kappa shape index (κ2) is 7.83. The lowest BCUT2D eigenvalue weighted by Crippen LogP contribution is -2.06. The summed E-state index contributed by atoms with van der Waals surface area (Å²) in [6, 6.07) is 25.9. The second-order valence-electron chi connectivity index (χ2n) is 9.40. The second-order valence-corrected chi connectivity index (χ2v) is 9.78. The average Bonchev–Trinajstić information content (AvgIpc) is 3.52. The Morgan fingerprint density at radius 3 is 2.40 bits per heavy atom. The van der Waals surface area contributed by atoms with Crippen molar-refractivity contribution in [2.45, 2.75) is 12.8 Å². The Morgan fingerprint density at radius 1 is 0.800 bits per heavy atom. The lowest BCUT2D eigenvalue weighted by Gasteiger charge is -1.97. The van der Waals surface area contributed by atoms with E-state index in [-0.39, 0.29) is 0 Å². The van der Waals surface area contributed by atoms with E-state index >= 15 is 0 Å². The average molecular weight is 472 g/mol. The largest absolute Gasteiger partial charge is 0.354 e. The van der Waals surface area contributed by atoms with Crippen molar-refractivity contribution in [3.63, 3.8) is 0 Å². The van der Waals surface area contributed by atoms with Gasteiger partial charge in [-0.05, 0) is 53.0 Å². The van der Waals surface area contributed by atoms with Crippen LogP contribution in [0.1, 0.15) is 18.4 Å². The Balaban J connectivity index is 1.24. The van der Waals surface area contributed by atoms with Crippen LogP contribution in [0, 0.1) is 0 Å². The molecule has 0 fully saturated rings. The highest BCUT2D eigenvalue weighted by molar-refractivity contribution is 6.33. The fourth-order valence-electron chi connectivity index (χ4n) is 5.71. The molecule has 35 heavy (non-hydrogen) atoms. The molecule has 0 bridgehead atoms. The zero-order valence-electron chi connectivity index (χ0n) is 19.5. The summed E-state index contributed by atoms with van der Waals surface area (Å²) >= 11 is 6.88. The minimum Gasteiger partial charge on any atom is -0.354 e. The molecule has 0 saturated heterocycles. The molecule has 1 aromatic heterocycles. The number of H-pyrrole nitrogens is 1. The Morgan fingerprint density at radius 2 is 1.54 bits per heavy atom. The van der Waals surface area contributed by atoms with Crippen molar-refractivity contribution in [2.75, 3.05) is 7.05 Å². The Hall–Kier alpha value is -3.88. The van der Waals surface area contributed by atoms with Crippen LogP contribution in [0.2, 0.25) is 0 Å². The summed E-state index contributed by atoms with van der Waals surface area (Å²) in [5.74, 6) is 0. The predicted molar refractivity (Wildman–Crippen MR) is 149 cm³/mol. The van der Waals surface area contributed by atoms with Crippen LogP contribution in [-0.2, 0) is 0 Å². The van der Waals surface area contributed by atoms with Gasteiger partial charge in [0, 0.05) is 38.8 Å². The normalized spacial score (nSPS) is 17.7. The third-order valence-electron chi connectivity index (χ3n) is 7.47. The Kier molecular flexibility index (Phi) is 4.58. The SMILES string of the molecule is C[N+]1=C(C=CC2=C(Cl)C(=CC=c3[nH]c4cccc5cccc3c54)CC2)c2cccc3cccc1c23. The van der Waals surface area contributed by atoms with Gasteiger partial charge in [0.15, 0.2) is 0 Å². The number of allylic oxidation sites excluding steroid dienone is 6. The van der Waals surface area contributed by atoms with Gasteiger partial charge in [-0.25, -0.2) is 0 Å². The van der Waals surface area contributed by atoms with Crippen molar-refractivity contribution < 1.29 is 4.58 Å². The maximum Gasteiger partial charge on any atom is 0.214 e. The fourth-order valence-corrected chi connectivity index (χ4v) is 6.03. The van der Waals surface area contributed by atoms with Crippen molar-refractivity contribution in [1.82, 2.24) is 4.98 Å². The number of halogens is 1. The summed E-state index contributed by atoms with van der Waals surface area (Å²) in [4.78, 5) is 3.58. The van der Waals surface area contributed by atoms with Crippen LogP contribution in [0.25, 0.3) is 38.5 Å². The van der Waals surface area contributed by atoms with E-state index in [0.717, 1.165) is 23.2 Å². The first-order chi connectivity index (χ1) is 17.2. The first-order valence-corrected chi connectivity index (χ1v) is 12.5. The summed E-state index contributed by atoms with van der Waals surface area (Å²) in [7, 11) is 2.14. The van der Waals surface area contributed by atoms with Crippen LogP contribution in [0.4, 0.5) is 5.69 Å². The highest BCUT2D eigenvalue weighted by Gasteiger charge is 2.27. The monoisotopic (exact) mass is 471 g/mol. The third-order valence-corrected chi connectivity index (χ3v) is 7.95. The summed E-state index contributed by atoms with van der Waals surface area (Å²) in [5, 5.41) is 8.44. The Labute approximate surface area is 208 Å². The topological polar surface area (TPSA) is 18.8 Å². The molecule has 2 nitrogen and oxygen atoms in total. The molecule has 4 aromatic carbocycles. The van der Waals surface area contributed by atoms with Crippen molar-refractivity contribution >= 4 is 61.5 Å². The maximum absolute atomic E-state index is 6.88. The van der Waals surface area contributed by atoms with E-state index in [1.807, 2.05) is 0 Å². The molecular formula is C32H24ClN2+. The zero-order chi connectivity index (χ0) is 23.5. The number of aromatic nitrogens is 1. The van der Waals surface area contributed by atoms with Gasteiger partial charge in [-0.2, -0.15) is 4.58 Å². The van der Waals surface area contributed by atoms with Crippen LogP contribution in [0.5, 0.6) is 0 Å². The van der Waals surface area contributed by atoms with Gasteiger partial charge in [-0.3, -0.25) is 0 Å².